The number of nitrogens with one attached hydrogen (secondary N) is 1. The molecule has 0 aliphatic heterocycles. The number of nitrogens with zero attached hydrogens (tertiary/aromatic N) is 1. The lowest BCUT2D eigenvalue weighted by Gasteiger charge is -2.25. The van der Waals surface area contributed by atoms with Crippen LogP contribution in [0, 0.1) is 5.92 Å². The lowest BCUT2D eigenvalue weighted by molar-refractivity contribution is 0.315. The Morgan fingerprint density at radius 3 is 2.80 bits per heavy atom. The number of hydrogen-bond donors (Lipinski definition) is 2. The first kappa shape index (κ1) is 17.6. The highest BCUT2D eigenvalue weighted by Crippen LogP contribution is 2.26. The molecule has 2 rings (SSSR count). The van der Waals surface area contributed by atoms with Crippen molar-refractivity contribution in [1.82, 2.24) is 5.32 Å². The van der Waals surface area contributed by atoms with Crippen molar-refractivity contribution in [1.29, 1.82) is 0 Å². The number of aliphatic imine (C=N–C) groups is 1. The summed E-state index contributed by atoms with van der Waals surface area (Å²) in [5.74, 6) is 2.13. The van der Waals surface area contributed by atoms with Crippen LogP contribution in [-0.4, -0.2) is 19.6 Å². The molecule has 1 aliphatic rings. The Kier molecular flexibility index (Phi) is 7.65. The Balaban J connectivity index is 0.00000200. The summed E-state index contributed by atoms with van der Waals surface area (Å²) in [6.45, 7) is 1.52. The van der Waals surface area contributed by atoms with Crippen LogP contribution in [0.1, 0.15) is 24.8 Å². The fourth-order valence-electron chi connectivity index (χ4n) is 1.99. The molecule has 0 atom stereocenters. The number of nitrogens with two attached hydrogens (primary N) is 1. The van der Waals surface area contributed by atoms with Crippen LogP contribution in [0.15, 0.2) is 27.7 Å². The maximum Gasteiger partial charge on any atom is 0.188 e. The van der Waals surface area contributed by atoms with Crippen LogP contribution in [0.5, 0.6) is 5.75 Å². The van der Waals surface area contributed by atoms with E-state index in [2.05, 4.69) is 26.2 Å². The van der Waals surface area contributed by atoms with E-state index in [1.165, 1.54) is 19.3 Å². The molecule has 1 fully saturated rings. The standard InChI is InChI=1S/C14H20BrN3O.HI/c1-19-13-6-5-11(7-12(13)15)9-18-14(16)17-8-10-3-2-4-10;/h5-7,10H,2-4,8-9H2,1H3,(H3,16,17,18);1H. The number of halogens is 2. The summed E-state index contributed by atoms with van der Waals surface area (Å²) in [6.07, 6.45) is 3.97. The first-order valence-corrected chi connectivity index (χ1v) is 7.34. The van der Waals surface area contributed by atoms with Gasteiger partial charge >= 0.3 is 0 Å². The van der Waals surface area contributed by atoms with Gasteiger partial charge in [-0.3, -0.25) is 0 Å². The van der Waals surface area contributed by atoms with E-state index < -0.39 is 0 Å². The van der Waals surface area contributed by atoms with Gasteiger partial charge in [-0.1, -0.05) is 12.5 Å². The molecule has 0 spiro atoms. The molecule has 112 valence electrons. The van der Waals surface area contributed by atoms with Crippen LogP contribution in [0.4, 0.5) is 0 Å². The second kappa shape index (κ2) is 8.71. The number of rotatable bonds is 5. The van der Waals surface area contributed by atoms with E-state index in [1.54, 1.807) is 7.11 Å². The summed E-state index contributed by atoms with van der Waals surface area (Å²) >= 11 is 3.46. The topological polar surface area (TPSA) is 59.6 Å². The molecular weight excluding hydrogens is 433 g/mol. The molecule has 0 bridgehead atoms. The fourth-order valence-corrected chi connectivity index (χ4v) is 2.57. The number of guanidine groups is 1. The Labute approximate surface area is 145 Å². The van der Waals surface area contributed by atoms with Gasteiger partial charge in [0.15, 0.2) is 5.96 Å². The summed E-state index contributed by atoms with van der Waals surface area (Å²) in [6, 6.07) is 5.92. The van der Waals surface area contributed by atoms with Crippen LogP contribution >= 0.6 is 39.9 Å². The van der Waals surface area contributed by atoms with Crippen molar-refractivity contribution >= 4 is 45.9 Å². The van der Waals surface area contributed by atoms with Gasteiger partial charge in [-0.05, 0) is 52.4 Å². The van der Waals surface area contributed by atoms with Crippen molar-refractivity contribution in [3.8, 4) is 5.75 Å². The summed E-state index contributed by atoms with van der Waals surface area (Å²) in [5, 5.41) is 3.18. The third-order valence-corrected chi connectivity index (χ3v) is 4.06. The Morgan fingerprint density at radius 2 is 2.25 bits per heavy atom. The van der Waals surface area contributed by atoms with Gasteiger partial charge in [-0.25, -0.2) is 4.99 Å². The predicted octanol–water partition coefficient (Wildman–Crippen LogP) is 3.28. The summed E-state index contributed by atoms with van der Waals surface area (Å²) in [4.78, 5) is 4.34. The number of benzene rings is 1. The molecule has 6 heteroatoms. The van der Waals surface area contributed by atoms with Crippen molar-refractivity contribution in [3.05, 3.63) is 28.2 Å². The van der Waals surface area contributed by atoms with Gasteiger partial charge in [-0.2, -0.15) is 0 Å². The first-order chi connectivity index (χ1) is 9.19. The number of methoxy groups -OCH3 is 1. The molecule has 1 aliphatic carbocycles. The van der Waals surface area contributed by atoms with Crippen molar-refractivity contribution < 1.29 is 4.74 Å². The molecule has 1 aromatic carbocycles. The summed E-state index contributed by atoms with van der Waals surface area (Å²) < 4.78 is 6.12. The second-order valence-corrected chi connectivity index (χ2v) is 5.70. The molecule has 20 heavy (non-hydrogen) atoms. The van der Waals surface area contributed by atoms with Crippen LogP contribution < -0.4 is 15.8 Å². The Bertz CT molecular complexity index is 464. The molecule has 0 unspecified atom stereocenters. The largest absolute Gasteiger partial charge is 0.496 e. The zero-order chi connectivity index (χ0) is 13.7. The second-order valence-electron chi connectivity index (χ2n) is 4.85. The maximum absolute atomic E-state index is 5.85. The van der Waals surface area contributed by atoms with Crippen LogP contribution in [0.3, 0.4) is 0 Å². The van der Waals surface area contributed by atoms with Crippen molar-refractivity contribution in [2.45, 2.75) is 25.8 Å². The van der Waals surface area contributed by atoms with Gasteiger partial charge in [0.1, 0.15) is 5.75 Å². The zero-order valence-corrected chi connectivity index (χ0v) is 15.5. The molecule has 0 radical (unpaired) electrons. The smallest absolute Gasteiger partial charge is 0.188 e. The van der Waals surface area contributed by atoms with Gasteiger partial charge in [0.2, 0.25) is 0 Å². The zero-order valence-electron chi connectivity index (χ0n) is 11.6. The van der Waals surface area contributed by atoms with Crippen LogP contribution in [-0.2, 0) is 6.54 Å². The Morgan fingerprint density at radius 1 is 1.50 bits per heavy atom. The number of hydrogen-bond acceptors (Lipinski definition) is 2. The molecule has 4 nitrogen and oxygen atoms in total. The molecule has 1 aromatic rings. The molecule has 0 heterocycles. The van der Waals surface area contributed by atoms with Gasteiger partial charge in [0, 0.05) is 6.54 Å². The SMILES string of the molecule is COc1ccc(CN=C(N)NCC2CCC2)cc1Br.I. The molecule has 0 aromatic heterocycles. The normalized spacial score (nSPS) is 15.2. The third-order valence-electron chi connectivity index (χ3n) is 3.44. The van der Waals surface area contributed by atoms with E-state index in [-0.39, 0.29) is 24.0 Å². The minimum absolute atomic E-state index is 0. The lowest BCUT2D eigenvalue weighted by atomic mass is 9.85. The van der Waals surface area contributed by atoms with Gasteiger partial charge < -0.3 is 15.8 Å². The van der Waals surface area contributed by atoms with E-state index in [0.29, 0.717) is 12.5 Å². The van der Waals surface area contributed by atoms with Crippen molar-refractivity contribution in [3.63, 3.8) is 0 Å². The molecule has 0 amide bonds. The molecular formula is C14H21BrIN3O. The quantitative estimate of drug-likeness (QED) is 0.408. The van der Waals surface area contributed by atoms with E-state index in [4.69, 9.17) is 10.5 Å². The van der Waals surface area contributed by atoms with Gasteiger partial charge in [0.25, 0.3) is 0 Å². The molecule has 0 saturated heterocycles. The van der Waals surface area contributed by atoms with E-state index >= 15 is 0 Å². The predicted molar refractivity (Wildman–Crippen MR) is 96.8 cm³/mol. The lowest BCUT2D eigenvalue weighted by Crippen LogP contribution is -2.37. The first-order valence-electron chi connectivity index (χ1n) is 6.55. The van der Waals surface area contributed by atoms with Crippen LogP contribution in [0.25, 0.3) is 0 Å². The highest BCUT2D eigenvalue weighted by Gasteiger charge is 2.16. The minimum Gasteiger partial charge on any atom is -0.496 e. The van der Waals surface area contributed by atoms with E-state index in [1.807, 2.05) is 18.2 Å². The fraction of sp³-hybridized carbons (Fsp3) is 0.500. The van der Waals surface area contributed by atoms with E-state index in [0.717, 1.165) is 28.2 Å². The molecule has 1 saturated carbocycles. The van der Waals surface area contributed by atoms with Crippen LogP contribution in [0.2, 0.25) is 0 Å². The molecule has 3 N–H and O–H groups in total. The monoisotopic (exact) mass is 453 g/mol. The van der Waals surface area contributed by atoms with Gasteiger partial charge in [0.05, 0.1) is 18.1 Å². The van der Waals surface area contributed by atoms with Crippen molar-refractivity contribution in [2.75, 3.05) is 13.7 Å². The van der Waals surface area contributed by atoms with E-state index in [9.17, 15) is 0 Å². The average Bonchev–Trinajstić information content (AvgIpc) is 2.34. The minimum atomic E-state index is 0. The highest BCUT2D eigenvalue weighted by atomic mass is 127. The highest BCUT2D eigenvalue weighted by molar-refractivity contribution is 14.0. The summed E-state index contributed by atoms with van der Waals surface area (Å²) in [7, 11) is 1.65. The summed E-state index contributed by atoms with van der Waals surface area (Å²) in [5.41, 5.74) is 6.94. The third kappa shape index (κ3) is 5.12. The number of ether oxygens (including phenoxy) is 1. The average molecular weight is 454 g/mol. The maximum atomic E-state index is 5.85. The Hall–Kier alpha value is -0.500. The van der Waals surface area contributed by atoms with Gasteiger partial charge in [-0.15, -0.1) is 24.0 Å². The van der Waals surface area contributed by atoms with Crippen molar-refractivity contribution in [2.24, 2.45) is 16.6 Å².